The molecular weight excluding hydrogens is 262 g/mol. The molecule has 1 aliphatic rings. The van der Waals surface area contributed by atoms with Crippen LogP contribution in [-0.4, -0.2) is 28.6 Å². The average molecular weight is 283 g/mol. The van der Waals surface area contributed by atoms with Gasteiger partial charge in [-0.2, -0.15) is 0 Å². The molecule has 0 unspecified atom stereocenters. The number of nitrogens with one attached hydrogen (secondary N) is 1. The molecule has 1 saturated heterocycles. The van der Waals surface area contributed by atoms with Crippen molar-refractivity contribution in [3.63, 3.8) is 0 Å². The van der Waals surface area contributed by atoms with Gasteiger partial charge in [0.25, 0.3) is 0 Å². The van der Waals surface area contributed by atoms with E-state index in [1.165, 1.54) is 13.1 Å². The van der Waals surface area contributed by atoms with Gasteiger partial charge < -0.3 is 10.6 Å². The second-order valence-corrected chi connectivity index (χ2v) is 6.96. The van der Waals surface area contributed by atoms with E-state index in [2.05, 4.69) is 16.5 Å². The van der Waals surface area contributed by atoms with Crippen LogP contribution in [0.2, 0.25) is 0 Å². The third-order valence-corrected chi connectivity index (χ3v) is 5.11. The zero-order valence-corrected chi connectivity index (χ0v) is 12.2. The van der Waals surface area contributed by atoms with Gasteiger partial charge in [0.05, 0.1) is 5.69 Å². The Bertz CT molecular complexity index is 549. The molecule has 5 nitrogen and oxygen atoms in total. The number of anilines is 2. The lowest BCUT2D eigenvalue weighted by Gasteiger charge is -2.33. The summed E-state index contributed by atoms with van der Waals surface area (Å²) in [5.41, 5.74) is 6.93. The Balaban J connectivity index is 2.40. The van der Waals surface area contributed by atoms with Crippen molar-refractivity contribution in [3.8, 4) is 0 Å². The van der Waals surface area contributed by atoms with Crippen molar-refractivity contribution < 1.29 is 8.42 Å². The molecule has 2 rings (SSSR count). The van der Waals surface area contributed by atoms with Gasteiger partial charge in [0.15, 0.2) is 0 Å². The predicted molar refractivity (Wildman–Crippen MR) is 77.7 cm³/mol. The minimum Gasteiger partial charge on any atom is -0.399 e. The smallest absolute Gasteiger partial charge is 0.242 e. The lowest BCUT2D eigenvalue weighted by atomic mass is 9.99. The number of rotatable bonds is 3. The minimum atomic E-state index is -3.49. The molecular formula is C13H21N3O2S. The van der Waals surface area contributed by atoms with Gasteiger partial charge in [-0.15, -0.1) is 0 Å². The Morgan fingerprint density at radius 1 is 1.32 bits per heavy atom. The lowest BCUT2D eigenvalue weighted by Crippen LogP contribution is -2.34. The zero-order valence-electron chi connectivity index (χ0n) is 11.4. The van der Waals surface area contributed by atoms with E-state index in [0.717, 1.165) is 31.6 Å². The maximum absolute atomic E-state index is 12.1. The Labute approximate surface area is 114 Å². The average Bonchev–Trinajstić information content (AvgIpc) is 2.40. The summed E-state index contributed by atoms with van der Waals surface area (Å²) in [7, 11) is -2.07. The van der Waals surface area contributed by atoms with E-state index in [1.807, 2.05) is 0 Å². The number of benzene rings is 1. The van der Waals surface area contributed by atoms with Crippen LogP contribution in [0.4, 0.5) is 11.4 Å². The topological polar surface area (TPSA) is 75.4 Å². The monoisotopic (exact) mass is 283 g/mol. The third kappa shape index (κ3) is 3.01. The van der Waals surface area contributed by atoms with Crippen LogP contribution in [0.15, 0.2) is 23.1 Å². The minimum absolute atomic E-state index is 0.268. The summed E-state index contributed by atoms with van der Waals surface area (Å²) in [5.74, 6) is 0.703. The summed E-state index contributed by atoms with van der Waals surface area (Å²) in [5, 5.41) is 0. The van der Waals surface area contributed by atoms with Gasteiger partial charge in [-0.25, -0.2) is 13.1 Å². The van der Waals surface area contributed by atoms with Gasteiger partial charge >= 0.3 is 0 Å². The van der Waals surface area contributed by atoms with Gasteiger partial charge in [0.1, 0.15) is 4.90 Å². The number of nitrogens with zero attached hydrogens (tertiary/aromatic N) is 1. The highest BCUT2D eigenvalue weighted by Gasteiger charge is 2.23. The number of sulfonamides is 1. The fourth-order valence-electron chi connectivity index (χ4n) is 2.37. The van der Waals surface area contributed by atoms with E-state index in [9.17, 15) is 8.42 Å². The first-order chi connectivity index (χ1) is 8.94. The van der Waals surface area contributed by atoms with Gasteiger partial charge in [-0.05, 0) is 44.0 Å². The highest BCUT2D eigenvalue weighted by molar-refractivity contribution is 7.89. The largest absolute Gasteiger partial charge is 0.399 e. The molecule has 3 N–H and O–H groups in total. The first kappa shape index (κ1) is 14.1. The maximum Gasteiger partial charge on any atom is 0.242 e. The number of hydrogen-bond acceptors (Lipinski definition) is 4. The van der Waals surface area contributed by atoms with Crippen LogP contribution < -0.4 is 15.4 Å². The number of hydrogen-bond donors (Lipinski definition) is 2. The molecule has 0 aliphatic carbocycles. The molecule has 6 heteroatoms. The zero-order chi connectivity index (χ0) is 14.0. The van der Waals surface area contributed by atoms with E-state index in [0.29, 0.717) is 11.6 Å². The molecule has 0 radical (unpaired) electrons. The number of nitrogens with two attached hydrogens (primary N) is 1. The normalized spacial score (nSPS) is 17.7. The Morgan fingerprint density at radius 3 is 2.53 bits per heavy atom. The molecule has 19 heavy (non-hydrogen) atoms. The van der Waals surface area contributed by atoms with Crippen molar-refractivity contribution in [1.82, 2.24) is 4.72 Å². The van der Waals surface area contributed by atoms with Crippen LogP contribution in [0.25, 0.3) is 0 Å². The molecule has 0 amide bonds. The first-order valence-corrected chi connectivity index (χ1v) is 8.00. The molecule has 1 fully saturated rings. The summed E-state index contributed by atoms with van der Waals surface area (Å²) >= 11 is 0. The summed E-state index contributed by atoms with van der Waals surface area (Å²) in [6.45, 7) is 4.00. The SMILES string of the molecule is CNS(=O)(=O)c1cc(N)ccc1N1CCC(C)CC1. The van der Waals surface area contributed by atoms with Gasteiger partial charge in [0.2, 0.25) is 10.0 Å². The summed E-state index contributed by atoms with van der Waals surface area (Å²) in [4.78, 5) is 2.40. The molecule has 1 aromatic rings. The lowest BCUT2D eigenvalue weighted by molar-refractivity contribution is 0.437. The number of piperidine rings is 1. The molecule has 1 heterocycles. The van der Waals surface area contributed by atoms with E-state index in [1.54, 1.807) is 12.1 Å². The Kier molecular flexibility index (Phi) is 4.01. The Hall–Kier alpha value is -1.27. The molecule has 0 aromatic heterocycles. The number of nitrogen functional groups attached to an aromatic ring is 1. The fraction of sp³-hybridized carbons (Fsp3) is 0.538. The standard InChI is InChI=1S/C13H21N3O2S/c1-10-5-7-16(8-6-10)12-4-3-11(14)9-13(12)19(17,18)15-2/h3-4,9-10,15H,5-8,14H2,1-2H3. The highest BCUT2D eigenvalue weighted by Crippen LogP contribution is 2.30. The summed E-state index contributed by atoms with van der Waals surface area (Å²) in [6, 6.07) is 5.08. The summed E-state index contributed by atoms with van der Waals surface area (Å²) < 4.78 is 26.5. The van der Waals surface area contributed by atoms with Crippen LogP contribution in [0, 0.1) is 5.92 Å². The highest BCUT2D eigenvalue weighted by atomic mass is 32.2. The molecule has 0 saturated carbocycles. The maximum atomic E-state index is 12.1. The van der Waals surface area contributed by atoms with E-state index in [4.69, 9.17) is 5.73 Å². The van der Waals surface area contributed by atoms with Crippen LogP contribution in [0.3, 0.4) is 0 Å². The molecule has 106 valence electrons. The molecule has 0 atom stereocenters. The van der Waals surface area contributed by atoms with Crippen molar-refractivity contribution in [2.45, 2.75) is 24.7 Å². The first-order valence-electron chi connectivity index (χ1n) is 6.52. The summed E-state index contributed by atoms with van der Waals surface area (Å²) in [6.07, 6.45) is 2.17. The van der Waals surface area contributed by atoms with Crippen LogP contribution in [-0.2, 0) is 10.0 Å². The third-order valence-electron chi connectivity index (χ3n) is 3.67. The predicted octanol–water partition coefficient (Wildman–Crippen LogP) is 1.41. The quantitative estimate of drug-likeness (QED) is 0.823. The van der Waals surface area contributed by atoms with Crippen molar-refractivity contribution in [3.05, 3.63) is 18.2 Å². The molecule has 0 bridgehead atoms. The van der Waals surface area contributed by atoms with Crippen molar-refractivity contribution >= 4 is 21.4 Å². The van der Waals surface area contributed by atoms with Gasteiger partial charge in [0, 0.05) is 18.8 Å². The molecule has 1 aromatic carbocycles. The van der Waals surface area contributed by atoms with Crippen molar-refractivity contribution in [1.29, 1.82) is 0 Å². The van der Waals surface area contributed by atoms with Gasteiger partial charge in [-0.3, -0.25) is 0 Å². The van der Waals surface area contributed by atoms with Crippen LogP contribution in [0.1, 0.15) is 19.8 Å². The second-order valence-electron chi connectivity index (χ2n) is 5.10. The van der Waals surface area contributed by atoms with Crippen molar-refractivity contribution in [2.75, 3.05) is 30.8 Å². The van der Waals surface area contributed by atoms with E-state index >= 15 is 0 Å². The Morgan fingerprint density at radius 2 is 1.95 bits per heavy atom. The van der Waals surface area contributed by atoms with Crippen LogP contribution in [0.5, 0.6) is 0 Å². The van der Waals surface area contributed by atoms with Crippen molar-refractivity contribution in [2.24, 2.45) is 5.92 Å². The van der Waals surface area contributed by atoms with Crippen LogP contribution >= 0.6 is 0 Å². The second kappa shape index (κ2) is 5.38. The fourth-order valence-corrected chi connectivity index (χ4v) is 3.35. The van der Waals surface area contributed by atoms with E-state index in [-0.39, 0.29) is 4.90 Å². The molecule has 0 spiro atoms. The van der Waals surface area contributed by atoms with Gasteiger partial charge in [-0.1, -0.05) is 6.92 Å². The molecule has 1 aliphatic heterocycles. The van der Waals surface area contributed by atoms with E-state index < -0.39 is 10.0 Å².